The maximum atomic E-state index is 8.78. The predicted octanol–water partition coefficient (Wildman–Crippen LogP) is -0.452. The van der Waals surface area contributed by atoms with Crippen molar-refractivity contribution >= 4 is 0 Å². The van der Waals surface area contributed by atoms with Crippen LogP contribution in [0.15, 0.2) is 12.5 Å². The first kappa shape index (κ1) is 5.40. The number of nitrogens with zero attached hydrogens (tertiary/aromatic N) is 1. The van der Waals surface area contributed by atoms with E-state index in [1.54, 1.807) is 13.1 Å². The van der Waals surface area contributed by atoms with Crippen LogP contribution < -0.4 is 5.59 Å². The van der Waals surface area contributed by atoms with Gasteiger partial charge < -0.3 is 9.94 Å². The summed E-state index contributed by atoms with van der Waals surface area (Å²) in [5.41, 5.74) is 2.43. The Hall–Kier alpha value is -0.740. The molecule has 1 aliphatic heterocycles. The van der Waals surface area contributed by atoms with Gasteiger partial charge in [-0.3, -0.25) is 5.01 Å². The van der Waals surface area contributed by atoms with Crippen LogP contribution in [-0.4, -0.2) is 16.3 Å². The molecule has 1 unspecified atom stereocenters. The number of nitrogens with one attached hydrogen (secondary N) is 1. The highest BCUT2D eigenvalue weighted by atomic mass is 16.7. The Bertz CT molecular complexity index is 102. The number of aliphatic hydroxyl groups excluding tert-OH is 1. The van der Waals surface area contributed by atoms with Crippen molar-refractivity contribution in [2.75, 3.05) is 0 Å². The summed E-state index contributed by atoms with van der Waals surface area (Å²) >= 11 is 0. The van der Waals surface area contributed by atoms with Crippen molar-refractivity contribution in [3.8, 4) is 0 Å². The number of hydrazine groups is 1. The highest BCUT2D eigenvalue weighted by molar-refractivity contribution is 4.75. The first-order valence-electron chi connectivity index (χ1n) is 2.35. The van der Waals surface area contributed by atoms with Crippen LogP contribution in [0.4, 0.5) is 0 Å². The van der Waals surface area contributed by atoms with Gasteiger partial charge >= 0.3 is 0 Å². The van der Waals surface area contributed by atoms with E-state index in [-0.39, 0.29) is 0 Å². The highest BCUT2D eigenvalue weighted by Gasteiger charge is 2.07. The molecule has 1 heterocycles. The lowest BCUT2D eigenvalue weighted by Crippen LogP contribution is -2.35. The minimum atomic E-state index is -0.547. The van der Waals surface area contributed by atoms with Crippen LogP contribution in [0.3, 0.4) is 0 Å². The lowest BCUT2D eigenvalue weighted by atomic mass is 10.6. The lowest BCUT2D eigenvalue weighted by Gasteiger charge is -2.15. The molecule has 0 aromatic carbocycles. The van der Waals surface area contributed by atoms with Crippen molar-refractivity contribution in [3.05, 3.63) is 12.5 Å². The summed E-state index contributed by atoms with van der Waals surface area (Å²) < 4.78 is 0. The molecule has 4 nitrogen and oxygen atoms in total. The van der Waals surface area contributed by atoms with Crippen LogP contribution >= 0.6 is 0 Å². The second-order valence-electron chi connectivity index (χ2n) is 1.53. The molecular formula is C4H8N2O2. The molecule has 4 heteroatoms. The summed E-state index contributed by atoms with van der Waals surface area (Å²) in [5, 5.41) is 10.2. The van der Waals surface area contributed by atoms with Gasteiger partial charge in [0.25, 0.3) is 0 Å². The largest absolute Gasteiger partial charge is 0.395 e. The average Bonchev–Trinajstić information content (AvgIpc) is 2.12. The molecule has 0 fully saturated rings. The van der Waals surface area contributed by atoms with Gasteiger partial charge in [0, 0.05) is 0 Å². The van der Waals surface area contributed by atoms with E-state index in [9.17, 15) is 0 Å². The van der Waals surface area contributed by atoms with Crippen LogP contribution in [0.5, 0.6) is 0 Å². The maximum Gasteiger partial charge on any atom is 0.140 e. The van der Waals surface area contributed by atoms with Crippen molar-refractivity contribution in [1.82, 2.24) is 10.6 Å². The van der Waals surface area contributed by atoms with Crippen molar-refractivity contribution < 1.29 is 9.94 Å². The molecule has 2 N–H and O–H groups in total. The van der Waals surface area contributed by atoms with Crippen LogP contribution in [0.1, 0.15) is 6.92 Å². The Morgan fingerprint density at radius 3 is 2.88 bits per heavy atom. The van der Waals surface area contributed by atoms with Gasteiger partial charge in [-0.05, 0) is 6.92 Å². The number of rotatable bonds is 1. The fourth-order valence-electron chi connectivity index (χ4n) is 0.419. The van der Waals surface area contributed by atoms with Gasteiger partial charge in [-0.15, -0.1) is 0 Å². The van der Waals surface area contributed by atoms with Gasteiger partial charge in [0.15, 0.2) is 0 Å². The first-order chi connectivity index (χ1) is 3.80. The topological polar surface area (TPSA) is 44.7 Å². The second kappa shape index (κ2) is 2.02. The number of hydrogen-bond donors (Lipinski definition) is 2. The summed E-state index contributed by atoms with van der Waals surface area (Å²) in [6.07, 6.45) is 2.51. The average molecular weight is 116 g/mol. The Morgan fingerprint density at radius 2 is 2.62 bits per heavy atom. The molecule has 0 aromatic rings. The Kier molecular flexibility index (Phi) is 1.36. The molecule has 0 saturated heterocycles. The molecule has 0 amide bonds. The molecule has 0 radical (unpaired) electrons. The third-order valence-corrected chi connectivity index (χ3v) is 0.850. The van der Waals surface area contributed by atoms with Crippen LogP contribution in [0.2, 0.25) is 0 Å². The van der Waals surface area contributed by atoms with Gasteiger partial charge in [-0.2, -0.15) is 0 Å². The van der Waals surface area contributed by atoms with E-state index >= 15 is 0 Å². The van der Waals surface area contributed by atoms with Gasteiger partial charge in [0.2, 0.25) is 0 Å². The first-order valence-corrected chi connectivity index (χ1v) is 2.35. The summed E-state index contributed by atoms with van der Waals surface area (Å²) in [7, 11) is 0. The van der Waals surface area contributed by atoms with Crippen LogP contribution in [-0.2, 0) is 4.84 Å². The van der Waals surface area contributed by atoms with Crippen LogP contribution in [0, 0.1) is 0 Å². The minimum Gasteiger partial charge on any atom is -0.395 e. The zero-order chi connectivity index (χ0) is 5.98. The molecule has 1 atom stereocenters. The molecular weight excluding hydrogens is 108 g/mol. The molecule has 1 aliphatic rings. The Balaban J connectivity index is 2.36. The molecule has 46 valence electrons. The van der Waals surface area contributed by atoms with Crippen molar-refractivity contribution in [2.45, 2.75) is 13.2 Å². The monoisotopic (exact) mass is 116 g/mol. The fraction of sp³-hybridized carbons (Fsp3) is 0.500. The molecule has 1 rings (SSSR count). The summed E-state index contributed by atoms with van der Waals surface area (Å²) in [5.74, 6) is 0. The minimum absolute atomic E-state index is 0.547. The third-order valence-electron chi connectivity index (χ3n) is 0.850. The standard InChI is InChI=1S/C4H8N2O2/c1-4(7)6-2-3-8-5-6/h2-5,7H,1H3. The third kappa shape index (κ3) is 0.907. The summed E-state index contributed by atoms with van der Waals surface area (Å²) in [6, 6.07) is 0. The molecule has 0 aliphatic carbocycles. The van der Waals surface area contributed by atoms with E-state index in [0.717, 1.165) is 0 Å². The van der Waals surface area contributed by atoms with Crippen molar-refractivity contribution in [3.63, 3.8) is 0 Å². The molecule has 0 spiro atoms. The van der Waals surface area contributed by atoms with Crippen molar-refractivity contribution in [2.24, 2.45) is 0 Å². The zero-order valence-corrected chi connectivity index (χ0v) is 4.53. The predicted molar refractivity (Wildman–Crippen MR) is 26.9 cm³/mol. The van der Waals surface area contributed by atoms with E-state index < -0.39 is 6.23 Å². The summed E-state index contributed by atoms with van der Waals surface area (Å²) in [6.45, 7) is 1.63. The second-order valence-corrected chi connectivity index (χ2v) is 1.53. The van der Waals surface area contributed by atoms with E-state index in [4.69, 9.17) is 5.11 Å². The highest BCUT2D eigenvalue weighted by Crippen LogP contribution is 1.97. The summed E-state index contributed by atoms with van der Waals surface area (Å²) in [4.78, 5) is 4.55. The quantitative estimate of drug-likeness (QED) is 0.487. The van der Waals surface area contributed by atoms with E-state index in [1.807, 2.05) is 0 Å². The SMILES string of the molecule is CC(O)N1C=CON1. The van der Waals surface area contributed by atoms with Gasteiger partial charge in [0.05, 0.1) is 6.20 Å². The Morgan fingerprint density at radius 1 is 1.88 bits per heavy atom. The van der Waals surface area contributed by atoms with Crippen LogP contribution in [0.25, 0.3) is 0 Å². The van der Waals surface area contributed by atoms with Gasteiger partial charge in [0.1, 0.15) is 12.5 Å². The Labute approximate surface area is 47.3 Å². The molecule has 8 heavy (non-hydrogen) atoms. The molecule has 0 saturated carbocycles. The fourth-order valence-corrected chi connectivity index (χ4v) is 0.419. The van der Waals surface area contributed by atoms with E-state index in [1.165, 1.54) is 11.3 Å². The van der Waals surface area contributed by atoms with Gasteiger partial charge in [-0.25, -0.2) is 0 Å². The smallest absolute Gasteiger partial charge is 0.140 e. The molecule has 0 aromatic heterocycles. The van der Waals surface area contributed by atoms with Crippen molar-refractivity contribution in [1.29, 1.82) is 0 Å². The lowest BCUT2D eigenvalue weighted by molar-refractivity contribution is -0.0597. The van der Waals surface area contributed by atoms with E-state index in [0.29, 0.717) is 0 Å². The molecule has 0 bridgehead atoms. The maximum absolute atomic E-state index is 8.78. The van der Waals surface area contributed by atoms with Gasteiger partial charge in [-0.1, -0.05) is 5.59 Å². The number of hydrogen-bond acceptors (Lipinski definition) is 4. The zero-order valence-electron chi connectivity index (χ0n) is 4.53. The number of aliphatic hydroxyl groups is 1. The normalized spacial score (nSPS) is 21.0. The van der Waals surface area contributed by atoms with E-state index in [2.05, 4.69) is 10.4 Å².